The van der Waals surface area contributed by atoms with Crippen molar-refractivity contribution in [3.63, 3.8) is 0 Å². The molecule has 0 saturated heterocycles. The molecule has 1 aliphatic heterocycles. The van der Waals surface area contributed by atoms with Gasteiger partial charge in [-0.15, -0.1) is 0 Å². The average Bonchev–Trinajstić information content (AvgIpc) is 2.53. The van der Waals surface area contributed by atoms with E-state index in [1.807, 2.05) is 22.6 Å². The zero-order valence-electron chi connectivity index (χ0n) is 6.71. The van der Waals surface area contributed by atoms with Gasteiger partial charge in [-0.3, -0.25) is 0 Å². The Morgan fingerprint density at radius 2 is 2.08 bits per heavy atom. The van der Waals surface area contributed by atoms with Crippen LogP contribution in [0.2, 0.25) is 0 Å². The maximum absolute atomic E-state index is 12.6. The van der Waals surface area contributed by atoms with Gasteiger partial charge in [0.1, 0.15) is 18.5 Å². The third kappa shape index (κ3) is 1.99. The molecule has 0 N–H and O–H groups in total. The predicted molar refractivity (Wildman–Crippen MR) is 56.5 cm³/mol. The molecule has 1 aromatic rings. The lowest BCUT2D eigenvalue weighted by atomic mass is 10.1. The highest BCUT2D eigenvalue weighted by molar-refractivity contribution is 14.1. The lowest BCUT2D eigenvalue weighted by Crippen LogP contribution is -1.97. The monoisotopic (exact) mass is 291 g/mol. The first-order valence-corrected chi connectivity index (χ1v) is 4.95. The van der Waals surface area contributed by atoms with Crippen LogP contribution in [0.3, 0.4) is 0 Å². The maximum Gasteiger partial charge on any atom is 0.248 e. The van der Waals surface area contributed by atoms with Gasteiger partial charge in [0, 0.05) is 22.6 Å². The second kappa shape index (κ2) is 3.61. The summed E-state index contributed by atoms with van der Waals surface area (Å²) in [7, 11) is 0. The van der Waals surface area contributed by atoms with Crippen LogP contribution in [0, 0.1) is 5.82 Å². The van der Waals surface area contributed by atoms with Gasteiger partial charge >= 0.3 is 0 Å². The Bertz CT molecular complexity index is 336. The molecule has 1 unspecified atom stereocenters. The van der Waals surface area contributed by atoms with Crippen molar-refractivity contribution < 1.29 is 9.13 Å². The van der Waals surface area contributed by atoms with E-state index in [0.717, 1.165) is 5.56 Å². The number of hydrogen-bond acceptors (Lipinski definition) is 2. The molecule has 0 bridgehead atoms. The van der Waals surface area contributed by atoms with Gasteiger partial charge in [0.15, 0.2) is 0 Å². The van der Waals surface area contributed by atoms with Gasteiger partial charge in [0.25, 0.3) is 0 Å². The van der Waals surface area contributed by atoms with Crippen molar-refractivity contribution in [3.05, 3.63) is 35.6 Å². The van der Waals surface area contributed by atoms with E-state index in [0.29, 0.717) is 10.5 Å². The molecular formula is C9H7FINO. The third-order valence-electron chi connectivity index (χ3n) is 1.87. The van der Waals surface area contributed by atoms with Crippen LogP contribution in [0.5, 0.6) is 0 Å². The molecule has 2 nitrogen and oxygen atoms in total. The summed E-state index contributed by atoms with van der Waals surface area (Å²) in [5.74, 6) is -0.221. The topological polar surface area (TPSA) is 21.6 Å². The van der Waals surface area contributed by atoms with E-state index in [9.17, 15) is 4.39 Å². The van der Waals surface area contributed by atoms with Crippen molar-refractivity contribution in [2.24, 2.45) is 4.99 Å². The van der Waals surface area contributed by atoms with E-state index in [-0.39, 0.29) is 11.9 Å². The van der Waals surface area contributed by atoms with Gasteiger partial charge in [-0.1, -0.05) is 12.1 Å². The van der Waals surface area contributed by atoms with E-state index >= 15 is 0 Å². The van der Waals surface area contributed by atoms with Crippen molar-refractivity contribution in [1.82, 2.24) is 0 Å². The molecule has 13 heavy (non-hydrogen) atoms. The molecule has 0 spiro atoms. The standard InChI is InChI=1S/C9H7FINO/c10-7-3-1-6(2-4-7)8-5-13-9(11)12-8/h1-4,8H,5H2. The fraction of sp³-hybridized carbons (Fsp3) is 0.222. The SMILES string of the molecule is Fc1ccc(C2COC(I)=N2)cc1. The Balaban J connectivity index is 2.22. The molecule has 1 heterocycles. The molecule has 0 fully saturated rings. The average molecular weight is 291 g/mol. The molecule has 68 valence electrons. The summed E-state index contributed by atoms with van der Waals surface area (Å²) < 4.78 is 18.4. The number of benzene rings is 1. The fourth-order valence-corrected chi connectivity index (χ4v) is 1.72. The summed E-state index contributed by atoms with van der Waals surface area (Å²) in [5.41, 5.74) is 0.994. The Kier molecular flexibility index (Phi) is 2.48. The molecule has 2 rings (SSSR count). The molecule has 0 radical (unpaired) electrons. The van der Waals surface area contributed by atoms with E-state index in [1.165, 1.54) is 12.1 Å². The molecule has 1 aliphatic rings. The smallest absolute Gasteiger partial charge is 0.248 e. The lowest BCUT2D eigenvalue weighted by molar-refractivity contribution is 0.328. The van der Waals surface area contributed by atoms with Crippen LogP contribution in [0.25, 0.3) is 0 Å². The number of nitrogens with zero attached hydrogens (tertiary/aromatic N) is 1. The van der Waals surface area contributed by atoms with Crippen molar-refractivity contribution in [2.75, 3.05) is 6.61 Å². The molecule has 0 amide bonds. The van der Waals surface area contributed by atoms with Crippen LogP contribution in [-0.4, -0.2) is 10.5 Å². The van der Waals surface area contributed by atoms with Gasteiger partial charge in [-0.05, 0) is 17.7 Å². The van der Waals surface area contributed by atoms with Crippen molar-refractivity contribution in [3.8, 4) is 0 Å². The van der Waals surface area contributed by atoms with Gasteiger partial charge in [0.2, 0.25) is 3.90 Å². The number of aliphatic imine (C=N–C) groups is 1. The van der Waals surface area contributed by atoms with Crippen molar-refractivity contribution in [1.29, 1.82) is 0 Å². The van der Waals surface area contributed by atoms with Crippen LogP contribution in [0.15, 0.2) is 29.3 Å². The molecule has 1 atom stereocenters. The Morgan fingerprint density at radius 3 is 2.62 bits per heavy atom. The summed E-state index contributed by atoms with van der Waals surface area (Å²) in [6, 6.07) is 6.39. The van der Waals surface area contributed by atoms with Gasteiger partial charge in [0.05, 0.1) is 0 Å². The number of halogens is 2. The van der Waals surface area contributed by atoms with E-state index in [4.69, 9.17) is 4.74 Å². The third-order valence-corrected chi connectivity index (χ3v) is 2.46. The number of hydrogen-bond donors (Lipinski definition) is 0. The van der Waals surface area contributed by atoms with Crippen molar-refractivity contribution >= 4 is 26.5 Å². The number of rotatable bonds is 1. The zero-order chi connectivity index (χ0) is 9.26. The molecular weight excluding hydrogens is 284 g/mol. The van der Waals surface area contributed by atoms with Crippen LogP contribution < -0.4 is 0 Å². The first-order valence-electron chi connectivity index (χ1n) is 3.87. The molecule has 0 aromatic heterocycles. The minimum Gasteiger partial charge on any atom is -0.471 e. The quantitative estimate of drug-likeness (QED) is 0.729. The summed E-state index contributed by atoms with van der Waals surface area (Å²) in [6.07, 6.45) is 0. The second-order valence-corrected chi connectivity index (χ2v) is 3.68. The first-order chi connectivity index (χ1) is 6.25. The predicted octanol–water partition coefficient (Wildman–Crippen LogP) is 2.69. The highest BCUT2D eigenvalue weighted by Crippen LogP contribution is 2.24. The Morgan fingerprint density at radius 1 is 1.38 bits per heavy atom. The molecule has 1 aromatic carbocycles. The summed E-state index contributed by atoms with van der Waals surface area (Å²) in [6.45, 7) is 0.559. The van der Waals surface area contributed by atoms with E-state index in [2.05, 4.69) is 4.99 Å². The van der Waals surface area contributed by atoms with Crippen LogP contribution >= 0.6 is 22.6 Å². The molecule has 4 heteroatoms. The van der Waals surface area contributed by atoms with Crippen LogP contribution in [-0.2, 0) is 4.74 Å². The summed E-state index contributed by atoms with van der Waals surface area (Å²) in [4.78, 5) is 4.25. The normalized spacial score (nSPS) is 21.1. The van der Waals surface area contributed by atoms with E-state index in [1.54, 1.807) is 12.1 Å². The minimum atomic E-state index is -0.221. The fourth-order valence-electron chi connectivity index (χ4n) is 1.20. The molecule has 0 aliphatic carbocycles. The summed E-state index contributed by atoms with van der Waals surface area (Å²) >= 11 is 2.03. The highest BCUT2D eigenvalue weighted by Gasteiger charge is 2.18. The maximum atomic E-state index is 12.6. The number of ether oxygens (including phenoxy) is 1. The largest absolute Gasteiger partial charge is 0.471 e. The van der Waals surface area contributed by atoms with E-state index < -0.39 is 0 Å². The Labute approximate surface area is 89.0 Å². The van der Waals surface area contributed by atoms with Crippen LogP contribution in [0.1, 0.15) is 11.6 Å². The van der Waals surface area contributed by atoms with Crippen molar-refractivity contribution in [2.45, 2.75) is 6.04 Å². The van der Waals surface area contributed by atoms with Gasteiger partial charge in [-0.2, -0.15) is 0 Å². The summed E-state index contributed by atoms with van der Waals surface area (Å²) in [5, 5.41) is 0. The first kappa shape index (κ1) is 8.93. The second-order valence-electron chi connectivity index (χ2n) is 2.76. The minimum absolute atomic E-state index is 0.0347. The highest BCUT2D eigenvalue weighted by atomic mass is 127. The van der Waals surface area contributed by atoms with Crippen LogP contribution in [0.4, 0.5) is 4.39 Å². The molecule has 0 saturated carbocycles. The Hall–Kier alpha value is -0.650. The van der Waals surface area contributed by atoms with Gasteiger partial charge in [-0.25, -0.2) is 9.38 Å². The lowest BCUT2D eigenvalue weighted by Gasteiger charge is -2.03. The zero-order valence-corrected chi connectivity index (χ0v) is 8.86. The van der Waals surface area contributed by atoms with Gasteiger partial charge < -0.3 is 4.74 Å².